The number of ether oxygens (including phenoxy) is 1. The average molecular weight is 519 g/mol. The number of thioether (sulfide) groups is 1. The average Bonchev–Trinajstić information content (AvgIpc) is 3.01. The standard InChI is InChI=1S/C23H14BrClFNO3S/c24-19-10-15(6-9-20(19)30-13-14-4-7-17(26)8-5-14)11-21-22(28)27(23(29)31-21)18-3-1-2-16(25)12-18/h1-12H,13H2/b21-11+. The Balaban J connectivity index is 1.49. The molecule has 0 radical (unpaired) electrons. The van der Waals surface area contributed by atoms with Crippen molar-refractivity contribution >= 4 is 62.2 Å². The van der Waals surface area contributed by atoms with Gasteiger partial charge in [-0.3, -0.25) is 9.59 Å². The number of nitrogens with zero attached hydrogens (tertiary/aromatic N) is 1. The lowest BCUT2D eigenvalue weighted by atomic mass is 10.2. The van der Waals surface area contributed by atoms with Crippen LogP contribution < -0.4 is 9.64 Å². The number of imide groups is 1. The fraction of sp³-hybridized carbons (Fsp3) is 0.0435. The highest BCUT2D eigenvalue weighted by Crippen LogP contribution is 2.37. The van der Waals surface area contributed by atoms with Crippen LogP contribution in [0.3, 0.4) is 0 Å². The maximum Gasteiger partial charge on any atom is 0.298 e. The van der Waals surface area contributed by atoms with E-state index in [4.69, 9.17) is 16.3 Å². The lowest BCUT2D eigenvalue weighted by Crippen LogP contribution is -2.27. The van der Waals surface area contributed by atoms with E-state index in [-0.39, 0.29) is 17.7 Å². The minimum Gasteiger partial charge on any atom is -0.488 e. The summed E-state index contributed by atoms with van der Waals surface area (Å²) in [5.74, 6) is -0.0902. The summed E-state index contributed by atoms with van der Waals surface area (Å²) in [5, 5.41) is 0.0671. The molecule has 0 N–H and O–H groups in total. The molecule has 3 aromatic rings. The molecule has 1 saturated heterocycles. The summed E-state index contributed by atoms with van der Waals surface area (Å²) in [5.41, 5.74) is 2.01. The SMILES string of the molecule is O=C1S/C(=C/c2ccc(OCc3ccc(F)cc3)c(Br)c2)C(=O)N1c1cccc(Cl)c1. The number of amides is 2. The minimum absolute atomic E-state index is 0.288. The van der Waals surface area contributed by atoms with Crippen molar-refractivity contribution in [3.63, 3.8) is 0 Å². The first-order valence-electron chi connectivity index (χ1n) is 9.11. The van der Waals surface area contributed by atoms with Crippen molar-refractivity contribution in [3.05, 3.63) is 98.1 Å². The number of carbonyl (C=O) groups excluding carboxylic acids is 2. The molecule has 1 heterocycles. The highest BCUT2D eigenvalue weighted by molar-refractivity contribution is 9.10. The molecule has 0 spiro atoms. The molecule has 8 heteroatoms. The monoisotopic (exact) mass is 517 g/mol. The second-order valence-electron chi connectivity index (χ2n) is 6.60. The van der Waals surface area contributed by atoms with Crippen molar-refractivity contribution in [3.8, 4) is 5.75 Å². The molecule has 0 saturated carbocycles. The fourth-order valence-corrected chi connectivity index (χ4v) is 4.46. The van der Waals surface area contributed by atoms with E-state index in [2.05, 4.69) is 15.9 Å². The predicted molar refractivity (Wildman–Crippen MR) is 125 cm³/mol. The van der Waals surface area contributed by atoms with E-state index in [9.17, 15) is 14.0 Å². The summed E-state index contributed by atoms with van der Waals surface area (Å²) < 4.78 is 19.5. The van der Waals surface area contributed by atoms with Gasteiger partial charge in [-0.15, -0.1) is 0 Å². The van der Waals surface area contributed by atoms with Gasteiger partial charge in [-0.1, -0.05) is 35.9 Å². The molecule has 1 aliphatic rings. The third-order valence-corrected chi connectivity index (χ3v) is 6.15. The molecule has 1 aliphatic heterocycles. The Morgan fingerprint density at radius 2 is 1.84 bits per heavy atom. The predicted octanol–water partition coefficient (Wildman–Crippen LogP) is 7.06. The lowest BCUT2D eigenvalue weighted by Gasteiger charge is -2.12. The molecule has 3 aromatic carbocycles. The van der Waals surface area contributed by atoms with Crippen LogP contribution in [0.15, 0.2) is 76.1 Å². The van der Waals surface area contributed by atoms with E-state index in [1.807, 2.05) is 0 Å². The molecular formula is C23H14BrClFNO3S. The highest BCUT2D eigenvalue weighted by atomic mass is 79.9. The molecule has 0 atom stereocenters. The van der Waals surface area contributed by atoms with E-state index in [1.54, 1.807) is 60.7 Å². The van der Waals surface area contributed by atoms with Gasteiger partial charge in [0.05, 0.1) is 15.1 Å². The van der Waals surface area contributed by atoms with Crippen molar-refractivity contribution in [1.82, 2.24) is 0 Å². The van der Waals surface area contributed by atoms with E-state index < -0.39 is 5.91 Å². The van der Waals surface area contributed by atoms with Gasteiger partial charge in [0.25, 0.3) is 11.1 Å². The van der Waals surface area contributed by atoms with Crippen LogP contribution in [-0.4, -0.2) is 11.1 Å². The van der Waals surface area contributed by atoms with Gasteiger partial charge in [0.15, 0.2) is 0 Å². The molecule has 2 amide bonds. The number of anilines is 1. The third kappa shape index (κ3) is 5.01. The van der Waals surface area contributed by atoms with Gasteiger partial charge in [-0.2, -0.15) is 0 Å². The molecule has 0 bridgehead atoms. The van der Waals surface area contributed by atoms with Crippen LogP contribution in [0.1, 0.15) is 11.1 Å². The summed E-state index contributed by atoms with van der Waals surface area (Å²) in [6.45, 7) is 0.288. The van der Waals surface area contributed by atoms with Gasteiger partial charge < -0.3 is 4.74 Å². The summed E-state index contributed by atoms with van der Waals surface area (Å²) in [7, 11) is 0. The number of rotatable bonds is 5. The van der Waals surface area contributed by atoms with Gasteiger partial charge >= 0.3 is 0 Å². The zero-order valence-electron chi connectivity index (χ0n) is 15.8. The fourth-order valence-electron chi connectivity index (χ4n) is 2.92. The van der Waals surface area contributed by atoms with Crippen LogP contribution in [0.2, 0.25) is 5.02 Å². The van der Waals surface area contributed by atoms with Crippen LogP contribution in [0.4, 0.5) is 14.9 Å². The van der Waals surface area contributed by atoms with Gasteiger partial charge in [-0.25, -0.2) is 9.29 Å². The minimum atomic E-state index is -0.398. The number of hydrogen-bond donors (Lipinski definition) is 0. The molecule has 0 unspecified atom stereocenters. The van der Waals surface area contributed by atoms with E-state index in [0.717, 1.165) is 27.8 Å². The van der Waals surface area contributed by atoms with Gasteiger partial charge in [0.1, 0.15) is 18.2 Å². The molecule has 1 fully saturated rings. The summed E-state index contributed by atoms with van der Waals surface area (Å²) in [6, 6.07) is 18.0. The quantitative estimate of drug-likeness (QED) is 0.339. The van der Waals surface area contributed by atoms with E-state index in [1.165, 1.54) is 12.1 Å². The van der Waals surface area contributed by atoms with Crippen LogP contribution in [0.5, 0.6) is 5.75 Å². The van der Waals surface area contributed by atoms with E-state index in [0.29, 0.717) is 25.8 Å². The van der Waals surface area contributed by atoms with E-state index >= 15 is 0 Å². The normalized spacial score (nSPS) is 15.1. The number of carbonyl (C=O) groups is 2. The van der Waals surface area contributed by atoms with Gasteiger partial charge in [0.2, 0.25) is 0 Å². The van der Waals surface area contributed by atoms with Crippen molar-refractivity contribution in [2.24, 2.45) is 0 Å². The zero-order valence-corrected chi connectivity index (χ0v) is 19.0. The smallest absolute Gasteiger partial charge is 0.298 e. The Bertz CT molecular complexity index is 1200. The van der Waals surface area contributed by atoms with Crippen molar-refractivity contribution < 1.29 is 18.7 Å². The maximum absolute atomic E-state index is 13.0. The molecular weight excluding hydrogens is 505 g/mol. The summed E-state index contributed by atoms with van der Waals surface area (Å²) in [6.07, 6.45) is 1.66. The van der Waals surface area contributed by atoms with Crippen LogP contribution >= 0.6 is 39.3 Å². The number of halogens is 3. The first-order chi connectivity index (χ1) is 14.9. The second-order valence-corrected chi connectivity index (χ2v) is 8.89. The topological polar surface area (TPSA) is 46.6 Å². The first-order valence-corrected chi connectivity index (χ1v) is 11.1. The largest absolute Gasteiger partial charge is 0.488 e. The molecule has 4 nitrogen and oxygen atoms in total. The Hall–Kier alpha value is -2.61. The van der Waals surface area contributed by atoms with Crippen molar-refractivity contribution in [2.75, 3.05) is 4.90 Å². The summed E-state index contributed by atoms with van der Waals surface area (Å²) >= 11 is 10.3. The Kier molecular flexibility index (Phi) is 6.46. The third-order valence-electron chi connectivity index (χ3n) is 4.42. The van der Waals surface area contributed by atoms with Crippen LogP contribution in [0, 0.1) is 5.82 Å². The Morgan fingerprint density at radius 3 is 2.55 bits per heavy atom. The van der Waals surface area contributed by atoms with Crippen LogP contribution in [0.25, 0.3) is 6.08 Å². The molecule has 156 valence electrons. The molecule has 4 rings (SSSR count). The Morgan fingerprint density at radius 1 is 1.06 bits per heavy atom. The highest BCUT2D eigenvalue weighted by Gasteiger charge is 2.36. The molecule has 0 aliphatic carbocycles. The zero-order chi connectivity index (χ0) is 22.0. The van der Waals surface area contributed by atoms with Crippen molar-refractivity contribution in [2.45, 2.75) is 6.61 Å². The van der Waals surface area contributed by atoms with Crippen molar-refractivity contribution in [1.29, 1.82) is 0 Å². The lowest BCUT2D eigenvalue weighted by molar-refractivity contribution is -0.113. The number of benzene rings is 3. The summed E-state index contributed by atoms with van der Waals surface area (Å²) in [4.78, 5) is 26.6. The molecule has 31 heavy (non-hydrogen) atoms. The first kappa shape index (κ1) is 21.6. The van der Waals surface area contributed by atoms with Gasteiger partial charge in [-0.05, 0) is 87.4 Å². The number of hydrogen-bond acceptors (Lipinski definition) is 4. The van der Waals surface area contributed by atoms with Crippen LogP contribution in [-0.2, 0) is 11.4 Å². The Labute approximate surface area is 195 Å². The second kappa shape index (κ2) is 9.26. The molecule has 0 aromatic heterocycles. The van der Waals surface area contributed by atoms with Gasteiger partial charge in [0, 0.05) is 5.02 Å². The maximum atomic E-state index is 13.0.